The summed E-state index contributed by atoms with van der Waals surface area (Å²) in [5, 5.41) is 7.41. The lowest BCUT2D eigenvalue weighted by molar-refractivity contribution is -0.141. The van der Waals surface area contributed by atoms with Crippen molar-refractivity contribution in [3.8, 4) is 0 Å². The fourth-order valence-electron chi connectivity index (χ4n) is 1.41. The Labute approximate surface area is 111 Å². The van der Waals surface area contributed by atoms with Gasteiger partial charge < -0.3 is 15.4 Å². The van der Waals surface area contributed by atoms with E-state index in [0.717, 1.165) is 11.3 Å². The van der Waals surface area contributed by atoms with Crippen LogP contribution in [-0.4, -0.2) is 25.7 Å². The van der Waals surface area contributed by atoms with Crippen LogP contribution in [0, 0.1) is 0 Å². The fourth-order valence-corrected chi connectivity index (χ4v) is 2.19. The minimum absolute atomic E-state index is 0.135. The van der Waals surface area contributed by atoms with Crippen molar-refractivity contribution in [1.82, 2.24) is 10.6 Å². The molecule has 0 saturated heterocycles. The second-order valence-corrected chi connectivity index (χ2v) is 4.73. The van der Waals surface area contributed by atoms with Gasteiger partial charge in [-0.2, -0.15) is 0 Å². The van der Waals surface area contributed by atoms with Gasteiger partial charge in [0.15, 0.2) is 0 Å². The quantitative estimate of drug-likeness (QED) is 0.777. The summed E-state index contributed by atoms with van der Waals surface area (Å²) in [4.78, 5) is 23.9. The predicted octanol–water partition coefficient (Wildman–Crippen LogP) is 2.06. The van der Waals surface area contributed by atoms with Crippen molar-refractivity contribution >= 4 is 23.3 Å². The molecule has 0 aliphatic carbocycles. The van der Waals surface area contributed by atoms with Gasteiger partial charge in [-0.25, -0.2) is 4.79 Å². The molecule has 0 spiro atoms. The molecule has 0 aliphatic heterocycles. The molecule has 1 atom stereocenters. The van der Waals surface area contributed by atoms with Crippen LogP contribution < -0.4 is 10.6 Å². The number of amides is 2. The molecule has 6 heteroatoms. The Balaban J connectivity index is 2.60. The third-order valence-corrected chi connectivity index (χ3v) is 3.31. The summed E-state index contributed by atoms with van der Waals surface area (Å²) < 4.78 is 4.64. The number of rotatable bonds is 6. The number of thiophene rings is 1. The van der Waals surface area contributed by atoms with E-state index in [1.54, 1.807) is 0 Å². The summed E-state index contributed by atoms with van der Waals surface area (Å²) >= 11 is 1.50. The van der Waals surface area contributed by atoms with Crippen molar-refractivity contribution in [3.05, 3.63) is 22.4 Å². The highest BCUT2D eigenvalue weighted by Gasteiger charge is 2.19. The molecule has 0 aliphatic rings. The topological polar surface area (TPSA) is 67.4 Å². The molecule has 1 aromatic heterocycles. The van der Waals surface area contributed by atoms with Crippen LogP contribution in [0.15, 0.2) is 17.5 Å². The van der Waals surface area contributed by atoms with E-state index in [9.17, 15) is 9.59 Å². The van der Waals surface area contributed by atoms with Gasteiger partial charge in [0.2, 0.25) is 0 Å². The highest BCUT2D eigenvalue weighted by molar-refractivity contribution is 7.10. The number of nitrogens with one attached hydrogen (secondary N) is 2. The van der Waals surface area contributed by atoms with Crippen LogP contribution in [-0.2, 0) is 9.53 Å². The van der Waals surface area contributed by atoms with E-state index >= 15 is 0 Å². The second kappa shape index (κ2) is 7.71. The highest BCUT2D eigenvalue weighted by atomic mass is 32.1. The average Bonchev–Trinajstić information content (AvgIpc) is 2.89. The molecular weight excluding hydrogens is 252 g/mol. The van der Waals surface area contributed by atoms with E-state index < -0.39 is 0 Å². The first kappa shape index (κ1) is 14.5. The van der Waals surface area contributed by atoms with Gasteiger partial charge in [-0.3, -0.25) is 4.79 Å². The smallest absolute Gasteiger partial charge is 0.315 e. The van der Waals surface area contributed by atoms with Gasteiger partial charge in [0.25, 0.3) is 0 Å². The Bertz CT molecular complexity index is 379. The number of carbonyl (C=O) groups excluding carboxylic acids is 2. The molecule has 1 aromatic rings. The largest absolute Gasteiger partial charge is 0.469 e. The Morgan fingerprint density at radius 3 is 2.83 bits per heavy atom. The average molecular weight is 270 g/mol. The molecule has 5 nitrogen and oxygen atoms in total. The number of hydrogen-bond acceptors (Lipinski definition) is 4. The predicted molar refractivity (Wildman–Crippen MR) is 70.5 cm³/mol. The standard InChI is InChI=1S/C12H18N2O3S/c1-3-6-13-12(16)14-9(8-11(15)17-2)10-5-4-7-18-10/h4-5,7,9H,3,6,8H2,1-2H3,(H2,13,14,16)/t9-/m0/s1. The number of urea groups is 1. The first-order chi connectivity index (χ1) is 8.67. The molecule has 2 N–H and O–H groups in total. The zero-order valence-electron chi connectivity index (χ0n) is 10.6. The summed E-state index contributed by atoms with van der Waals surface area (Å²) in [5.41, 5.74) is 0. The van der Waals surface area contributed by atoms with Gasteiger partial charge in [0.05, 0.1) is 19.6 Å². The SMILES string of the molecule is CCCNC(=O)N[C@@H](CC(=O)OC)c1cccs1. The van der Waals surface area contributed by atoms with Crippen LogP contribution >= 0.6 is 11.3 Å². The lowest BCUT2D eigenvalue weighted by atomic mass is 10.2. The Hall–Kier alpha value is -1.56. The fraction of sp³-hybridized carbons (Fsp3) is 0.500. The maximum absolute atomic E-state index is 11.6. The summed E-state index contributed by atoms with van der Waals surface area (Å²) in [7, 11) is 1.34. The van der Waals surface area contributed by atoms with Crippen molar-refractivity contribution in [2.24, 2.45) is 0 Å². The summed E-state index contributed by atoms with van der Waals surface area (Å²) in [6.07, 6.45) is 1.00. The van der Waals surface area contributed by atoms with Crippen LogP contribution in [0.25, 0.3) is 0 Å². The molecular formula is C12H18N2O3S. The molecule has 0 unspecified atom stereocenters. The van der Waals surface area contributed by atoms with Gasteiger partial charge >= 0.3 is 12.0 Å². The van der Waals surface area contributed by atoms with Crippen LogP contribution in [0.3, 0.4) is 0 Å². The number of ether oxygens (including phenoxy) is 1. The van der Waals surface area contributed by atoms with Gasteiger partial charge in [-0.15, -0.1) is 11.3 Å². The molecule has 0 radical (unpaired) electrons. The van der Waals surface area contributed by atoms with Gasteiger partial charge in [0, 0.05) is 11.4 Å². The van der Waals surface area contributed by atoms with Gasteiger partial charge in [-0.1, -0.05) is 13.0 Å². The number of carbonyl (C=O) groups is 2. The van der Waals surface area contributed by atoms with Crippen molar-refractivity contribution in [2.45, 2.75) is 25.8 Å². The number of esters is 1. The number of methoxy groups -OCH3 is 1. The molecule has 2 amide bonds. The first-order valence-corrected chi connectivity index (χ1v) is 6.70. The molecule has 0 saturated carbocycles. The van der Waals surface area contributed by atoms with Crippen LogP contribution in [0.4, 0.5) is 4.79 Å². The maximum Gasteiger partial charge on any atom is 0.315 e. The lowest BCUT2D eigenvalue weighted by Crippen LogP contribution is -2.38. The summed E-state index contributed by atoms with van der Waals surface area (Å²) in [6, 6.07) is 3.17. The third kappa shape index (κ3) is 4.75. The third-order valence-electron chi connectivity index (χ3n) is 2.33. The van der Waals surface area contributed by atoms with E-state index in [4.69, 9.17) is 0 Å². The van der Waals surface area contributed by atoms with Gasteiger partial charge in [-0.05, 0) is 17.9 Å². The molecule has 18 heavy (non-hydrogen) atoms. The van der Waals surface area contributed by atoms with Crippen LogP contribution in [0.2, 0.25) is 0 Å². The normalized spacial score (nSPS) is 11.7. The Morgan fingerprint density at radius 2 is 2.28 bits per heavy atom. The zero-order valence-corrected chi connectivity index (χ0v) is 11.4. The summed E-state index contributed by atoms with van der Waals surface area (Å²) in [6.45, 7) is 2.59. The van der Waals surface area contributed by atoms with E-state index in [0.29, 0.717) is 6.54 Å². The van der Waals surface area contributed by atoms with Crippen molar-refractivity contribution in [2.75, 3.05) is 13.7 Å². The molecule has 1 heterocycles. The molecule has 1 rings (SSSR count). The molecule has 100 valence electrons. The minimum atomic E-state index is -0.343. The van der Waals surface area contributed by atoms with E-state index in [1.165, 1.54) is 18.4 Å². The lowest BCUT2D eigenvalue weighted by Gasteiger charge is -2.16. The van der Waals surface area contributed by atoms with Crippen molar-refractivity contribution in [3.63, 3.8) is 0 Å². The van der Waals surface area contributed by atoms with Crippen molar-refractivity contribution < 1.29 is 14.3 Å². The molecule has 0 bridgehead atoms. The Morgan fingerprint density at radius 1 is 1.50 bits per heavy atom. The van der Waals surface area contributed by atoms with Gasteiger partial charge in [0.1, 0.15) is 0 Å². The molecule has 0 aromatic carbocycles. The van der Waals surface area contributed by atoms with Crippen LogP contribution in [0.5, 0.6) is 0 Å². The van der Waals surface area contributed by atoms with Crippen LogP contribution in [0.1, 0.15) is 30.7 Å². The zero-order chi connectivity index (χ0) is 13.4. The molecule has 0 fully saturated rings. The van der Waals surface area contributed by atoms with Crippen molar-refractivity contribution in [1.29, 1.82) is 0 Å². The second-order valence-electron chi connectivity index (χ2n) is 3.75. The first-order valence-electron chi connectivity index (χ1n) is 5.82. The minimum Gasteiger partial charge on any atom is -0.469 e. The summed E-state index contributed by atoms with van der Waals surface area (Å²) in [5.74, 6) is -0.343. The van der Waals surface area contributed by atoms with E-state index in [2.05, 4.69) is 15.4 Å². The number of hydrogen-bond donors (Lipinski definition) is 2. The van der Waals surface area contributed by atoms with E-state index in [-0.39, 0.29) is 24.5 Å². The maximum atomic E-state index is 11.6. The van der Waals surface area contributed by atoms with E-state index in [1.807, 2.05) is 24.4 Å². The highest BCUT2D eigenvalue weighted by Crippen LogP contribution is 2.22. The Kier molecular flexibility index (Phi) is 6.21. The monoisotopic (exact) mass is 270 g/mol.